The molecule has 0 radical (unpaired) electrons. The monoisotopic (exact) mass is 339 g/mol. The summed E-state index contributed by atoms with van der Waals surface area (Å²) in [6, 6.07) is 7.64. The predicted molar refractivity (Wildman–Crippen MR) is 90.2 cm³/mol. The molecule has 0 unspecified atom stereocenters. The highest BCUT2D eigenvalue weighted by Gasteiger charge is 2.27. The second kappa shape index (κ2) is 7.66. The summed E-state index contributed by atoms with van der Waals surface area (Å²) in [5.41, 5.74) is 0.750. The summed E-state index contributed by atoms with van der Waals surface area (Å²) < 4.78 is 5.41. The highest BCUT2D eigenvalue weighted by atomic mass is 35.5. The van der Waals surface area contributed by atoms with E-state index in [-0.39, 0.29) is 36.9 Å². The standard InChI is InChI=1S/C16H21N3O3.ClH/c1-12-10-17-7-9-18(12)15(20)6-8-19-13-4-2-3-5-14(13)22-11-16(19)21;/h2-5,12,17H,6-11H2,1H3;1H/t12-;/m0./s1. The van der Waals surface area contributed by atoms with Crippen molar-refractivity contribution in [3.63, 3.8) is 0 Å². The summed E-state index contributed by atoms with van der Waals surface area (Å²) in [6.07, 6.45) is 0.338. The van der Waals surface area contributed by atoms with Gasteiger partial charge in [0.25, 0.3) is 5.91 Å². The van der Waals surface area contributed by atoms with E-state index in [0.29, 0.717) is 18.7 Å². The van der Waals surface area contributed by atoms with Gasteiger partial charge in [-0.05, 0) is 19.1 Å². The van der Waals surface area contributed by atoms with Crippen LogP contribution in [-0.2, 0) is 9.59 Å². The number of ether oxygens (including phenoxy) is 1. The number of carbonyl (C=O) groups excluding carboxylic acids is 2. The Hall–Kier alpha value is -1.79. The van der Waals surface area contributed by atoms with E-state index in [1.54, 1.807) is 4.90 Å². The van der Waals surface area contributed by atoms with Gasteiger partial charge in [-0.3, -0.25) is 9.59 Å². The zero-order chi connectivity index (χ0) is 15.5. The third-order valence-corrected chi connectivity index (χ3v) is 4.18. The first-order valence-electron chi connectivity index (χ1n) is 7.69. The molecular weight excluding hydrogens is 318 g/mol. The second-order valence-electron chi connectivity index (χ2n) is 5.69. The smallest absolute Gasteiger partial charge is 0.265 e. The Morgan fingerprint density at radius 2 is 2.17 bits per heavy atom. The van der Waals surface area contributed by atoms with E-state index in [1.807, 2.05) is 36.1 Å². The fourth-order valence-electron chi connectivity index (χ4n) is 2.96. The molecular formula is C16H22ClN3O3. The zero-order valence-corrected chi connectivity index (χ0v) is 14.0. The van der Waals surface area contributed by atoms with Crippen LogP contribution in [-0.4, -0.2) is 55.5 Å². The van der Waals surface area contributed by atoms with E-state index >= 15 is 0 Å². The lowest BCUT2D eigenvalue weighted by Crippen LogP contribution is -2.53. The Bertz CT molecular complexity index is 581. The molecule has 1 aromatic carbocycles. The molecule has 1 N–H and O–H groups in total. The SMILES string of the molecule is C[C@H]1CNCCN1C(=O)CCN1C(=O)COc2ccccc21.Cl. The molecule has 6 nitrogen and oxygen atoms in total. The predicted octanol–water partition coefficient (Wildman–Crippen LogP) is 1.04. The van der Waals surface area contributed by atoms with E-state index in [4.69, 9.17) is 4.74 Å². The number of benzene rings is 1. The van der Waals surface area contributed by atoms with Gasteiger partial charge >= 0.3 is 0 Å². The van der Waals surface area contributed by atoms with Crippen molar-refractivity contribution in [2.45, 2.75) is 19.4 Å². The van der Waals surface area contributed by atoms with Crippen molar-refractivity contribution >= 4 is 29.9 Å². The number of para-hydroxylation sites is 2. The van der Waals surface area contributed by atoms with Gasteiger partial charge in [-0.15, -0.1) is 12.4 Å². The molecule has 2 aliphatic rings. The van der Waals surface area contributed by atoms with Gasteiger partial charge in [0.2, 0.25) is 5.91 Å². The third-order valence-electron chi connectivity index (χ3n) is 4.18. The van der Waals surface area contributed by atoms with E-state index in [2.05, 4.69) is 5.32 Å². The first-order valence-corrected chi connectivity index (χ1v) is 7.69. The van der Waals surface area contributed by atoms with Crippen molar-refractivity contribution in [2.75, 3.05) is 37.7 Å². The summed E-state index contributed by atoms with van der Waals surface area (Å²) in [7, 11) is 0. The number of anilines is 1. The van der Waals surface area contributed by atoms with Gasteiger partial charge in [0.05, 0.1) is 5.69 Å². The molecule has 2 heterocycles. The molecule has 23 heavy (non-hydrogen) atoms. The van der Waals surface area contributed by atoms with Crippen molar-refractivity contribution in [2.24, 2.45) is 0 Å². The summed E-state index contributed by atoms with van der Waals surface area (Å²) in [5, 5.41) is 3.27. The van der Waals surface area contributed by atoms with Crippen molar-refractivity contribution in [3.05, 3.63) is 24.3 Å². The Balaban J connectivity index is 0.00000192. The van der Waals surface area contributed by atoms with E-state index < -0.39 is 0 Å². The molecule has 0 bridgehead atoms. The molecule has 2 aliphatic heterocycles. The summed E-state index contributed by atoms with van der Waals surface area (Å²) in [6.45, 7) is 4.86. The molecule has 7 heteroatoms. The van der Waals surface area contributed by atoms with Gasteiger partial charge in [0, 0.05) is 38.6 Å². The zero-order valence-electron chi connectivity index (χ0n) is 13.2. The van der Waals surface area contributed by atoms with Gasteiger partial charge in [-0.2, -0.15) is 0 Å². The van der Waals surface area contributed by atoms with Crippen molar-refractivity contribution in [3.8, 4) is 5.75 Å². The highest BCUT2D eigenvalue weighted by molar-refractivity contribution is 5.98. The fourth-order valence-corrected chi connectivity index (χ4v) is 2.96. The summed E-state index contributed by atoms with van der Waals surface area (Å²) in [5.74, 6) is 0.704. The van der Waals surface area contributed by atoms with Gasteiger partial charge in [-0.1, -0.05) is 12.1 Å². The minimum Gasteiger partial charge on any atom is -0.482 e. The summed E-state index contributed by atoms with van der Waals surface area (Å²) in [4.78, 5) is 28.0. The minimum atomic E-state index is -0.0974. The van der Waals surface area contributed by atoms with E-state index in [9.17, 15) is 9.59 Å². The van der Waals surface area contributed by atoms with Crippen LogP contribution in [0.5, 0.6) is 5.75 Å². The number of piperazine rings is 1. The maximum Gasteiger partial charge on any atom is 0.265 e. The molecule has 1 saturated heterocycles. The molecule has 0 saturated carbocycles. The number of rotatable bonds is 3. The van der Waals surface area contributed by atoms with Gasteiger partial charge in [0.15, 0.2) is 6.61 Å². The molecule has 1 atom stereocenters. The van der Waals surface area contributed by atoms with Crippen LogP contribution < -0.4 is 15.0 Å². The van der Waals surface area contributed by atoms with E-state index in [1.165, 1.54) is 0 Å². The second-order valence-corrected chi connectivity index (χ2v) is 5.69. The van der Waals surface area contributed by atoms with E-state index in [0.717, 1.165) is 25.3 Å². The lowest BCUT2D eigenvalue weighted by Gasteiger charge is -2.35. The van der Waals surface area contributed by atoms with Gasteiger partial charge in [0.1, 0.15) is 5.75 Å². The Labute approximate surface area is 142 Å². The first-order chi connectivity index (χ1) is 10.7. The maximum atomic E-state index is 12.4. The normalized spacial score (nSPS) is 20.4. The average Bonchev–Trinajstić information content (AvgIpc) is 2.54. The summed E-state index contributed by atoms with van der Waals surface area (Å²) >= 11 is 0. The largest absolute Gasteiger partial charge is 0.482 e. The number of carbonyl (C=O) groups is 2. The van der Waals surface area contributed by atoms with Gasteiger partial charge < -0.3 is 19.9 Å². The number of nitrogens with one attached hydrogen (secondary N) is 1. The third kappa shape index (κ3) is 3.76. The molecule has 0 aromatic heterocycles. The maximum absolute atomic E-state index is 12.4. The van der Waals surface area contributed by atoms with Crippen LogP contribution in [0, 0.1) is 0 Å². The van der Waals surface area contributed by atoms with Crippen LogP contribution in [0.3, 0.4) is 0 Å². The Kier molecular flexibility index (Phi) is 5.85. The number of fused-ring (bicyclic) bond motifs is 1. The fraction of sp³-hybridized carbons (Fsp3) is 0.500. The van der Waals surface area contributed by atoms with Crippen LogP contribution in [0.2, 0.25) is 0 Å². The number of hydrogen-bond acceptors (Lipinski definition) is 4. The van der Waals surface area contributed by atoms with Crippen LogP contribution >= 0.6 is 12.4 Å². The van der Waals surface area contributed by atoms with Crippen LogP contribution in [0.1, 0.15) is 13.3 Å². The highest BCUT2D eigenvalue weighted by Crippen LogP contribution is 2.31. The number of halogens is 1. The Morgan fingerprint density at radius 1 is 1.39 bits per heavy atom. The molecule has 126 valence electrons. The molecule has 1 fully saturated rings. The number of amides is 2. The molecule has 0 spiro atoms. The van der Waals surface area contributed by atoms with Crippen molar-refractivity contribution in [1.29, 1.82) is 0 Å². The molecule has 0 aliphatic carbocycles. The quantitative estimate of drug-likeness (QED) is 0.894. The molecule has 2 amide bonds. The topological polar surface area (TPSA) is 61.9 Å². The molecule has 3 rings (SSSR count). The van der Waals surface area contributed by atoms with Crippen molar-refractivity contribution in [1.82, 2.24) is 10.2 Å². The number of hydrogen-bond donors (Lipinski definition) is 1. The van der Waals surface area contributed by atoms with Crippen molar-refractivity contribution < 1.29 is 14.3 Å². The average molecular weight is 340 g/mol. The van der Waals surface area contributed by atoms with Gasteiger partial charge in [-0.25, -0.2) is 0 Å². The molecule has 1 aromatic rings. The number of nitrogens with zero attached hydrogens (tertiary/aromatic N) is 2. The minimum absolute atomic E-state index is 0. The first kappa shape index (κ1) is 17.6. The lowest BCUT2D eigenvalue weighted by atomic mass is 10.2. The van der Waals surface area contributed by atoms with Crippen LogP contribution in [0.4, 0.5) is 5.69 Å². The van der Waals surface area contributed by atoms with Crippen LogP contribution in [0.15, 0.2) is 24.3 Å². The van der Waals surface area contributed by atoms with Crippen LogP contribution in [0.25, 0.3) is 0 Å². The Morgan fingerprint density at radius 3 is 2.96 bits per heavy atom. The lowest BCUT2D eigenvalue weighted by molar-refractivity contribution is -0.133.